The van der Waals surface area contributed by atoms with Gasteiger partial charge in [0.1, 0.15) is 9.84 Å². The van der Waals surface area contributed by atoms with E-state index in [2.05, 4.69) is 6.07 Å². The van der Waals surface area contributed by atoms with E-state index < -0.39 is 9.84 Å². The molecule has 0 N–H and O–H groups in total. The maximum atomic E-state index is 10.8. The third-order valence-electron chi connectivity index (χ3n) is 2.42. The number of sulfone groups is 1. The second kappa shape index (κ2) is 4.54. The van der Waals surface area contributed by atoms with E-state index in [-0.39, 0.29) is 11.2 Å². The molecule has 14 heavy (non-hydrogen) atoms. The van der Waals surface area contributed by atoms with E-state index in [0.717, 1.165) is 18.6 Å². The Morgan fingerprint density at radius 1 is 1.50 bits per heavy atom. The van der Waals surface area contributed by atoms with E-state index in [1.807, 2.05) is 0 Å². The number of nitriles is 1. The molecule has 1 fully saturated rings. The summed E-state index contributed by atoms with van der Waals surface area (Å²) < 4.78 is 21.7. The van der Waals surface area contributed by atoms with Crippen LogP contribution in [0.3, 0.4) is 0 Å². The van der Waals surface area contributed by atoms with Crippen molar-refractivity contribution in [1.29, 1.82) is 5.26 Å². The molecule has 0 unspecified atom stereocenters. The molecule has 1 saturated carbocycles. The van der Waals surface area contributed by atoms with Crippen molar-refractivity contribution < 1.29 is 8.42 Å². The van der Waals surface area contributed by atoms with Gasteiger partial charge < -0.3 is 0 Å². The highest BCUT2D eigenvalue weighted by molar-refractivity contribution is 8.00. The number of thioether (sulfide) groups is 1. The molecule has 5 heteroatoms. The molecule has 1 rings (SSSR count). The van der Waals surface area contributed by atoms with Gasteiger partial charge >= 0.3 is 0 Å². The predicted octanol–water partition coefficient (Wildman–Crippen LogP) is 1.46. The van der Waals surface area contributed by atoms with Crippen molar-refractivity contribution in [2.45, 2.75) is 19.3 Å². The van der Waals surface area contributed by atoms with Gasteiger partial charge in [-0.15, -0.1) is 0 Å². The normalized spacial score (nSPS) is 18.9. The Balaban J connectivity index is 2.14. The first-order valence-electron chi connectivity index (χ1n) is 4.60. The topological polar surface area (TPSA) is 57.9 Å². The van der Waals surface area contributed by atoms with Crippen molar-refractivity contribution in [2.24, 2.45) is 5.41 Å². The van der Waals surface area contributed by atoms with E-state index >= 15 is 0 Å². The molecule has 0 aromatic carbocycles. The van der Waals surface area contributed by atoms with Gasteiger partial charge in [-0.1, -0.05) is 0 Å². The Hall–Kier alpha value is -0.210. The molecule has 80 valence electrons. The average molecular weight is 233 g/mol. The monoisotopic (exact) mass is 233 g/mol. The maximum absolute atomic E-state index is 10.8. The summed E-state index contributed by atoms with van der Waals surface area (Å²) in [5.74, 6) is 1.85. The van der Waals surface area contributed by atoms with Crippen molar-refractivity contribution >= 4 is 21.6 Å². The summed E-state index contributed by atoms with van der Waals surface area (Å²) in [6.07, 6.45) is 4.15. The Kier molecular flexibility index (Phi) is 3.85. The molecule has 0 aromatic heterocycles. The average Bonchev–Trinajstić information content (AvgIpc) is 2.79. The van der Waals surface area contributed by atoms with E-state index in [9.17, 15) is 8.42 Å². The van der Waals surface area contributed by atoms with Gasteiger partial charge in [0.25, 0.3) is 0 Å². The van der Waals surface area contributed by atoms with Crippen LogP contribution in [0.15, 0.2) is 0 Å². The zero-order chi connectivity index (χ0) is 10.7. The van der Waals surface area contributed by atoms with E-state index in [1.165, 1.54) is 6.26 Å². The molecule has 0 spiro atoms. The van der Waals surface area contributed by atoms with E-state index in [0.29, 0.717) is 12.2 Å². The molecule has 0 aromatic rings. The first-order valence-corrected chi connectivity index (χ1v) is 7.81. The van der Waals surface area contributed by atoms with Crippen molar-refractivity contribution in [3.63, 3.8) is 0 Å². The minimum Gasteiger partial charge on any atom is -0.229 e. The number of hydrogen-bond donors (Lipinski definition) is 0. The lowest BCUT2D eigenvalue weighted by molar-refractivity contribution is 0.600. The van der Waals surface area contributed by atoms with Gasteiger partial charge in [0.2, 0.25) is 0 Å². The molecule has 1 aliphatic rings. The van der Waals surface area contributed by atoms with Crippen LogP contribution in [0.2, 0.25) is 0 Å². The largest absolute Gasteiger partial charge is 0.229 e. The molecule has 0 bridgehead atoms. The minimum absolute atomic E-state index is 0.233. The summed E-state index contributed by atoms with van der Waals surface area (Å²) in [7, 11) is -2.82. The molecule has 1 aliphatic carbocycles. The second-order valence-corrected chi connectivity index (χ2v) is 7.38. The number of nitrogens with zero attached hydrogens (tertiary/aromatic N) is 1. The van der Waals surface area contributed by atoms with Crippen LogP contribution >= 0.6 is 11.8 Å². The van der Waals surface area contributed by atoms with Crippen LogP contribution in [0.1, 0.15) is 19.3 Å². The van der Waals surface area contributed by atoms with Gasteiger partial charge in [-0.05, 0) is 24.0 Å². The first-order chi connectivity index (χ1) is 6.47. The quantitative estimate of drug-likeness (QED) is 0.652. The van der Waals surface area contributed by atoms with Crippen LogP contribution in [-0.2, 0) is 9.84 Å². The number of rotatable bonds is 6. The molecular formula is C9H15NO2S2. The summed E-state index contributed by atoms with van der Waals surface area (Å²) in [4.78, 5) is 0. The third-order valence-corrected chi connectivity index (χ3v) is 4.93. The molecule has 3 nitrogen and oxygen atoms in total. The van der Waals surface area contributed by atoms with Gasteiger partial charge in [0, 0.05) is 18.4 Å². The Morgan fingerprint density at radius 3 is 2.57 bits per heavy atom. The lowest BCUT2D eigenvalue weighted by atomic mass is 10.1. The lowest BCUT2D eigenvalue weighted by Crippen LogP contribution is -2.08. The van der Waals surface area contributed by atoms with Crippen molar-refractivity contribution in [3.8, 4) is 6.07 Å². The van der Waals surface area contributed by atoms with Crippen molar-refractivity contribution in [3.05, 3.63) is 0 Å². The van der Waals surface area contributed by atoms with Gasteiger partial charge in [0.05, 0.1) is 11.8 Å². The summed E-state index contributed by atoms with van der Waals surface area (Å²) in [6, 6.07) is 2.20. The fourth-order valence-electron chi connectivity index (χ4n) is 1.22. The van der Waals surface area contributed by atoms with Crippen LogP contribution < -0.4 is 0 Å². The van der Waals surface area contributed by atoms with Crippen molar-refractivity contribution in [2.75, 3.05) is 23.5 Å². The molecule has 0 heterocycles. The predicted molar refractivity (Wildman–Crippen MR) is 58.9 cm³/mol. The Morgan fingerprint density at radius 2 is 2.14 bits per heavy atom. The lowest BCUT2D eigenvalue weighted by Gasteiger charge is -2.09. The Labute approximate surface area is 89.8 Å². The fourth-order valence-corrected chi connectivity index (χ4v) is 3.87. The highest BCUT2D eigenvalue weighted by atomic mass is 32.2. The van der Waals surface area contributed by atoms with Crippen LogP contribution in [0.5, 0.6) is 0 Å². The van der Waals surface area contributed by atoms with Gasteiger partial charge in [0.15, 0.2) is 0 Å². The summed E-state index contributed by atoms with van der Waals surface area (Å²) in [5.41, 5.74) is 0.233. The number of hydrogen-bond acceptors (Lipinski definition) is 4. The third kappa shape index (κ3) is 4.34. The zero-order valence-corrected chi connectivity index (χ0v) is 9.96. The molecule has 0 aliphatic heterocycles. The highest BCUT2D eigenvalue weighted by Crippen LogP contribution is 2.50. The van der Waals surface area contributed by atoms with Gasteiger partial charge in [-0.2, -0.15) is 17.0 Å². The molecule has 0 saturated heterocycles. The van der Waals surface area contributed by atoms with E-state index in [1.54, 1.807) is 11.8 Å². The van der Waals surface area contributed by atoms with Crippen LogP contribution in [0.4, 0.5) is 0 Å². The van der Waals surface area contributed by atoms with Crippen LogP contribution in [-0.4, -0.2) is 31.9 Å². The first kappa shape index (κ1) is 11.9. The zero-order valence-electron chi connectivity index (χ0n) is 8.32. The highest BCUT2D eigenvalue weighted by Gasteiger charge is 2.41. The van der Waals surface area contributed by atoms with Gasteiger partial charge in [-0.25, -0.2) is 8.42 Å². The Bertz CT molecular complexity index is 325. The summed E-state index contributed by atoms with van der Waals surface area (Å²) in [5, 5.41) is 8.57. The van der Waals surface area contributed by atoms with E-state index in [4.69, 9.17) is 5.26 Å². The molecular weight excluding hydrogens is 218 g/mol. The molecule has 0 radical (unpaired) electrons. The van der Waals surface area contributed by atoms with Gasteiger partial charge in [-0.3, -0.25) is 0 Å². The minimum atomic E-state index is -2.82. The van der Waals surface area contributed by atoms with Crippen LogP contribution in [0, 0.1) is 16.7 Å². The summed E-state index contributed by atoms with van der Waals surface area (Å²) in [6.45, 7) is 0. The maximum Gasteiger partial charge on any atom is 0.148 e. The molecule has 0 atom stereocenters. The van der Waals surface area contributed by atoms with Crippen molar-refractivity contribution in [1.82, 2.24) is 0 Å². The SMILES string of the molecule is CS(=O)(=O)CCSCC1(CC#N)CC1. The fraction of sp³-hybridized carbons (Fsp3) is 0.889. The standard InChI is InChI=1S/C9H15NO2S2/c1-14(11,12)7-6-13-8-9(2-3-9)4-5-10/h2-4,6-8H2,1H3. The molecule has 0 amide bonds. The summed E-state index contributed by atoms with van der Waals surface area (Å²) >= 11 is 1.66. The van der Waals surface area contributed by atoms with Crippen LogP contribution in [0.25, 0.3) is 0 Å². The second-order valence-electron chi connectivity index (χ2n) is 4.02. The smallest absolute Gasteiger partial charge is 0.148 e.